The van der Waals surface area contributed by atoms with Gasteiger partial charge in [-0.2, -0.15) is 4.39 Å². The molecule has 2 aliphatic rings. The Labute approximate surface area is 239 Å². The molecule has 2 aliphatic carbocycles. The third kappa shape index (κ3) is 6.85. The van der Waals surface area contributed by atoms with E-state index in [1.54, 1.807) is 12.1 Å². The minimum Gasteiger partial charge on any atom is -0.490 e. The van der Waals surface area contributed by atoms with Crippen LogP contribution in [0, 0.1) is 29.4 Å². The maximum Gasteiger partial charge on any atom is 0.200 e. The average Bonchev–Trinajstić information content (AvgIpc) is 2.99. The van der Waals surface area contributed by atoms with E-state index in [-0.39, 0.29) is 5.75 Å². The van der Waals surface area contributed by atoms with E-state index in [9.17, 15) is 8.78 Å². The Bertz CT molecular complexity index is 1260. The highest BCUT2D eigenvalue weighted by atomic mass is 19.2. The predicted octanol–water partition coefficient (Wildman–Crippen LogP) is 10.5. The fourth-order valence-electron chi connectivity index (χ4n) is 7.03. The zero-order valence-electron chi connectivity index (χ0n) is 24.2. The second kappa shape index (κ2) is 13.6. The van der Waals surface area contributed by atoms with Gasteiger partial charge in [0.05, 0.1) is 6.61 Å². The third-order valence-corrected chi connectivity index (χ3v) is 9.35. The highest BCUT2D eigenvalue weighted by Gasteiger charge is 2.36. The molecule has 0 amide bonds. The van der Waals surface area contributed by atoms with Crippen molar-refractivity contribution in [2.45, 2.75) is 84.0 Å². The monoisotopic (exact) mass is 542 g/mol. The van der Waals surface area contributed by atoms with Gasteiger partial charge in [-0.25, -0.2) is 4.39 Å². The number of hydrogen-bond donors (Lipinski definition) is 0. The fourth-order valence-corrected chi connectivity index (χ4v) is 7.03. The van der Waals surface area contributed by atoms with Gasteiger partial charge in [-0.15, -0.1) is 0 Å². The lowest BCUT2D eigenvalue weighted by molar-refractivity contribution is 0.0902. The number of hydrogen-bond acceptors (Lipinski definition) is 1. The number of benzene rings is 3. The van der Waals surface area contributed by atoms with Gasteiger partial charge in [0.15, 0.2) is 11.6 Å². The SMILES string of the molecule is C/C=C/CCc1ccc(OCC2CCC3CC(c4ccc(-c5ccc(CCC)cc5)cc4)CCC3C2)c(F)c1F. The van der Waals surface area contributed by atoms with Crippen molar-refractivity contribution in [1.82, 2.24) is 0 Å². The molecule has 3 aromatic rings. The minimum atomic E-state index is -0.841. The smallest absolute Gasteiger partial charge is 0.200 e. The van der Waals surface area contributed by atoms with Crippen LogP contribution in [-0.4, -0.2) is 6.61 Å². The van der Waals surface area contributed by atoms with Crippen LogP contribution >= 0.6 is 0 Å². The summed E-state index contributed by atoms with van der Waals surface area (Å²) in [6.45, 7) is 4.63. The summed E-state index contributed by atoms with van der Waals surface area (Å²) < 4.78 is 35.0. The molecule has 5 rings (SSSR count). The van der Waals surface area contributed by atoms with Gasteiger partial charge in [0.1, 0.15) is 0 Å². The topological polar surface area (TPSA) is 9.23 Å². The first-order valence-electron chi connectivity index (χ1n) is 15.5. The van der Waals surface area contributed by atoms with E-state index < -0.39 is 11.6 Å². The second-order valence-electron chi connectivity index (χ2n) is 12.0. The van der Waals surface area contributed by atoms with E-state index >= 15 is 0 Å². The van der Waals surface area contributed by atoms with E-state index in [0.717, 1.165) is 31.1 Å². The maximum absolute atomic E-state index is 14.6. The molecule has 0 bridgehead atoms. The van der Waals surface area contributed by atoms with Crippen LogP contribution < -0.4 is 4.74 Å². The van der Waals surface area contributed by atoms with Crippen LogP contribution in [0.3, 0.4) is 0 Å². The summed E-state index contributed by atoms with van der Waals surface area (Å²) in [5.41, 5.74) is 5.88. The van der Waals surface area contributed by atoms with E-state index in [1.165, 1.54) is 54.4 Å². The zero-order valence-corrected chi connectivity index (χ0v) is 24.2. The molecule has 0 spiro atoms. The summed E-state index contributed by atoms with van der Waals surface area (Å²) in [7, 11) is 0. The molecule has 3 heteroatoms. The first kappa shape index (κ1) is 28.6. The van der Waals surface area contributed by atoms with Crippen molar-refractivity contribution in [2.24, 2.45) is 17.8 Å². The van der Waals surface area contributed by atoms with Gasteiger partial charge < -0.3 is 4.74 Å². The van der Waals surface area contributed by atoms with Crippen molar-refractivity contribution in [1.29, 1.82) is 0 Å². The van der Waals surface area contributed by atoms with Gasteiger partial charge in [-0.1, -0.05) is 80.1 Å². The lowest BCUT2D eigenvalue weighted by Crippen LogP contribution is -2.32. The Morgan fingerprint density at radius 2 is 1.48 bits per heavy atom. The molecule has 4 atom stereocenters. The van der Waals surface area contributed by atoms with Crippen molar-refractivity contribution in [3.05, 3.63) is 101 Å². The molecule has 1 nitrogen and oxygen atoms in total. The van der Waals surface area contributed by atoms with Crippen molar-refractivity contribution in [2.75, 3.05) is 6.61 Å². The average molecular weight is 543 g/mol. The lowest BCUT2D eigenvalue weighted by Gasteiger charge is -2.42. The van der Waals surface area contributed by atoms with Gasteiger partial charge >= 0.3 is 0 Å². The second-order valence-corrected chi connectivity index (χ2v) is 12.0. The predicted molar refractivity (Wildman–Crippen MR) is 162 cm³/mol. The van der Waals surface area contributed by atoms with Crippen molar-refractivity contribution >= 4 is 0 Å². The molecule has 0 aliphatic heterocycles. The Hall–Kier alpha value is -2.94. The van der Waals surface area contributed by atoms with Crippen LogP contribution in [0.4, 0.5) is 8.78 Å². The van der Waals surface area contributed by atoms with Crippen LogP contribution in [0.25, 0.3) is 11.1 Å². The molecule has 2 saturated carbocycles. The molecular weight excluding hydrogens is 498 g/mol. The zero-order chi connectivity index (χ0) is 27.9. The Kier molecular flexibility index (Phi) is 9.73. The summed E-state index contributed by atoms with van der Waals surface area (Å²) >= 11 is 0. The normalized spacial score (nSPS) is 22.8. The largest absolute Gasteiger partial charge is 0.490 e. The Morgan fingerprint density at radius 1 is 0.775 bits per heavy atom. The first-order chi connectivity index (χ1) is 19.6. The molecule has 0 N–H and O–H groups in total. The van der Waals surface area contributed by atoms with Gasteiger partial charge in [-0.3, -0.25) is 0 Å². The fraction of sp³-hybridized carbons (Fsp3) is 0.459. The number of rotatable bonds is 10. The van der Waals surface area contributed by atoms with Gasteiger partial charge in [0.2, 0.25) is 5.82 Å². The molecule has 0 saturated heterocycles. The van der Waals surface area contributed by atoms with E-state index in [2.05, 4.69) is 55.5 Å². The molecule has 0 radical (unpaired) electrons. The first-order valence-corrected chi connectivity index (χ1v) is 15.5. The summed E-state index contributed by atoms with van der Waals surface area (Å²) in [4.78, 5) is 0. The van der Waals surface area contributed by atoms with Crippen LogP contribution in [0.1, 0.15) is 87.8 Å². The highest BCUT2D eigenvalue weighted by Crippen LogP contribution is 2.48. The summed E-state index contributed by atoms with van der Waals surface area (Å²) in [5.74, 6) is 0.977. The van der Waals surface area contributed by atoms with Crippen LogP contribution in [0.5, 0.6) is 5.75 Å². The molecule has 0 aromatic heterocycles. The number of ether oxygens (including phenoxy) is 1. The number of aryl methyl sites for hydroxylation is 2. The maximum atomic E-state index is 14.6. The molecule has 4 unspecified atom stereocenters. The van der Waals surface area contributed by atoms with Crippen LogP contribution in [0.2, 0.25) is 0 Å². The van der Waals surface area contributed by atoms with Crippen molar-refractivity contribution in [3.63, 3.8) is 0 Å². The van der Waals surface area contributed by atoms with Crippen molar-refractivity contribution < 1.29 is 13.5 Å². The van der Waals surface area contributed by atoms with E-state index in [0.29, 0.717) is 36.8 Å². The molecule has 40 heavy (non-hydrogen) atoms. The highest BCUT2D eigenvalue weighted by molar-refractivity contribution is 5.64. The molecular formula is C37H44F2O. The van der Waals surface area contributed by atoms with Gasteiger partial charge in [0, 0.05) is 0 Å². The van der Waals surface area contributed by atoms with Gasteiger partial charge in [-0.05, 0) is 122 Å². The quantitative estimate of drug-likeness (QED) is 0.232. The molecule has 3 aromatic carbocycles. The summed E-state index contributed by atoms with van der Waals surface area (Å²) in [5, 5.41) is 0. The Morgan fingerprint density at radius 3 is 2.20 bits per heavy atom. The van der Waals surface area contributed by atoms with E-state index in [1.807, 2.05) is 19.1 Å². The summed E-state index contributed by atoms with van der Waals surface area (Å²) in [6, 6.07) is 21.6. The lowest BCUT2D eigenvalue weighted by atomic mass is 9.64. The van der Waals surface area contributed by atoms with Crippen LogP contribution in [-0.2, 0) is 12.8 Å². The standard InChI is InChI=1S/C37H44F2O/c1-3-5-6-8-31-21-22-35(37(39)36(31)38)40-25-27-11-14-34-24-33(20-19-32(34)23-27)30-17-15-29(16-18-30)28-12-9-26(7-4-2)10-13-28/h3,5,9-10,12-13,15-18,21-22,27,32-34H,4,6-8,11,14,19-20,23-25H2,1-2H3/b5-3+. The molecule has 212 valence electrons. The summed E-state index contributed by atoms with van der Waals surface area (Å²) in [6.07, 6.45) is 14.6. The molecule has 0 heterocycles. The number of halogens is 2. The van der Waals surface area contributed by atoms with Gasteiger partial charge in [0.25, 0.3) is 0 Å². The van der Waals surface area contributed by atoms with Crippen molar-refractivity contribution in [3.8, 4) is 16.9 Å². The Balaban J connectivity index is 1.11. The third-order valence-electron chi connectivity index (χ3n) is 9.35. The number of allylic oxidation sites excluding steroid dienone is 2. The number of fused-ring (bicyclic) bond motifs is 1. The van der Waals surface area contributed by atoms with Crippen LogP contribution in [0.15, 0.2) is 72.8 Å². The van der Waals surface area contributed by atoms with E-state index in [4.69, 9.17) is 4.74 Å². The minimum absolute atomic E-state index is 0.0541. The molecule has 2 fully saturated rings.